The molecule has 0 spiro atoms. The Kier molecular flexibility index (Phi) is 3.51. The Morgan fingerprint density at radius 1 is 1.53 bits per heavy atom. The lowest BCUT2D eigenvalue weighted by Gasteiger charge is -2.05. The molecule has 0 saturated carbocycles. The SMILES string of the molecule is Cc1nc(COc2ccc([N+](=O)[O-])cc2C=O)no1. The van der Waals surface area contributed by atoms with Crippen molar-refractivity contribution in [1.29, 1.82) is 0 Å². The van der Waals surface area contributed by atoms with E-state index in [1.54, 1.807) is 6.92 Å². The lowest BCUT2D eigenvalue weighted by atomic mass is 10.2. The van der Waals surface area contributed by atoms with Gasteiger partial charge in [0.05, 0.1) is 10.5 Å². The highest BCUT2D eigenvalue weighted by Crippen LogP contribution is 2.23. The van der Waals surface area contributed by atoms with E-state index >= 15 is 0 Å². The van der Waals surface area contributed by atoms with E-state index in [0.29, 0.717) is 18.0 Å². The number of carbonyl (C=O) groups is 1. The van der Waals surface area contributed by atoms with E-state index in [-0.39, 0.29) is 23.6 Å². The summed E-state index contributed by atoms with van der Waals surface area (Å²) >= 11 is 0. The maximum atomic E-state index is 10.9. The van der Waals surface area contributed by atoms with Crippen molar-refractivity contribution in [3.05, 3.63) is 45.6 Å². The number of aryl methyl sites for hydroxylation is 1. The number of ether oxygens (including phenoxy) is 1. The minimum absolute atomic E-state index is 0.00991. The molecule has 8 heteroatoms. The van der Waals surface area contributed by atoms with E-state index < -0.39 is 4.92 Å². The second-order valence-electron chi connectivity index (χ2n) is 3.62. The first-order chi connectivity index (χ1) is 9.10. The summed E-state index contributed by atoms with van der Waals surface area (Å²) in [5.41, 5.74) is -0.0840. The summed E-state index contributed by atoms with van der Waals surface area (Å²) < 4.78 is 10.1. The zero-order chi connectivity index (χ0) is 13.8. The van der Waals surface area contributed by atoms with Crippen molar-refractivity contribution < 1.29 is 19.0 Å². The van der Waals surface area contributed by atoms with Gasteiger partial charge in [0, 0.05) is 19.1 Å². The largest absolute Gasteiger partial charge is 0.485 e. The van der Waals surface area contributed by atoms with Crippen molar-refractivity contribution >= 4 is 12.0 Å². The second kappa shape index (κ2) is 5.25. The Hall–Kier alpha value is -2.77. The standard InChI is InChI=1S/C11H9N3O5/c1-7-12-11(13-19-7)6-18-10-3-2-9(14(16)17)4-8(10)5-15/h2-5H,6H2,1H3. The van der Waals surface area contributed by atoms with Gasteiger partial charge in [-0.05, 0) is 6.07 Å². The van der Waals surface area contributed by atoms with Crippen LogP contribution in [0.4, 0.5) is 5.69 Å². The van der Waals surface area contributed by atoms with Gasteiger partial charge in [0.1, 0.15) is 5.75 Å². The lowest BCUT2D eigenvalue weighted by molar-refractivity contribution is -0.384. The Bertz CT molecular complexity index is 623. The summed E-state index contributed by atoms with van der Waals surface area (Å²) in [6.45, 7) is 1.65. The Morgan fingerprint density at radius 2 is 2.32 bits per heavy atom. The van der Waals surface area contributed by atoms with E-state index in [1.807, 2.05) is 0 Å². The fraction of sp³-hybridized carbons (Fsp3) is 0.182. The number of non-ortho nitro benzene ring substituents is 1. The molecule has 0 aliphatic heterocycles. The number of aldehydes is 1. The predicted octanol–water partition coefficient (Wildman–Crippen LogP) is 1.68. The van der Waals surface area contributed by atoms with E-state index in [0.717, 1.165) is 6.07 Å². The van der Waals surface area contributed by atoms with Gasteiger partial charge in [0.15, 0.2) is 12.9 Å². The van der Waals surface area contributed by atoms with Gasteiger partial charge in [0.2, 0.25) is 11.7 Å². The number of benzene rings is 1. The van der Waals surface area contributed by atoms with Crippen LogP contribution in [0.15, 0.2) is 22.7 Å². The predicted molar refractivity (Wildman–Crippen MR) is 61.9 cm³/mol. The minimum atomic E-state index is -0.584. The Balaban J connectivity index is 2.15. The van der Waals surface area contributed by atoms with Crippen molar-refractivity contribution in [3.63, 3.8) is 0 Å². The number of hydrogen-bond donors (Lipinski definition) is 0. The molecule has 0 unspecified atom stereocenters. The highest BCUT2D eigenvalue weighted by atomic mass is 16.6. The average Bonchev–Trinajstić information content (AvgIpc) is 2.81. The first-order valence-electron chi connectivity index (χ1n) is 5.26. The fourth-order valence-corrected chi connectivity index (χ4v) is 1.42. The minimum Gasteiger partial charge on any atom is -0.485 e. The molecule has 0 atom stereocenters. The number of rotatable bonds is 5. The zero-order valence-electron chi connectivity index (χ0n) is 9.90. The molecule has 0 aliphatic carbocycles. The van der Waals surface area contributed by atoms with E-state index in [2.05, 4.69) is 10.1 Å². The highest BCUT2D eigenvalue weighted by molar-refractivity contribution is 5.80. The molecule has 0 saturated heterocycles. The first-order valence-corrected chi connectivity index (χ1v) is 5.26. The van der Waals surface area contributed by atoms with Crippen LogP contribution in [0.25, 0.3) is 0 Å². The monoisotopic (exact) mass is 263 g/mol. The molecule has 0 amide bonds. The third-order valence-corrected chi connectivity index (χ3v) is 2.26. The zero-order valence-corrected chi connectivity index (χ0v) is 9.90. The molecule has 1 aromatic carbocycles. The van der Waals surface area contributed by atoms with Gasteiger partial charge in [-0.25, -0.2) is 0 Å². The van der Waals surface area contributed by atoms with Gasteiger partial charge in [-0.1, -0.05) is 5.16 Å². The maximum absolute atomic E-state index is 10.9. The number of carbonyl (C=O) groups excluding carboxylic acids is 1. The van der Waals surface area contributed by atoms with Crippen LogP contribution in [0.3, 0.4) is 0 Å². The molecule has 1 heterocycles. The first kappa shape index (κ1) is 12.7. The fourth-order valence-electron chi connectivity index (χ4n) is 1.42. The van der Waals surface area contributed by atoms with E-state index in [4.69, 9.17) is 9.26 Å². The third kappa shape index (κ3) is 2.92. The maximum Gasteiger partial charge on any atom is 0.270 e. The molecule has 0 radical (unpaired) electrons. The van der Waals surface area contributed by atoms with Crippen molar-refractivity contribution in [2.75, 3.05) is 0 Å². The number of aromatic nitrogens is 2. The van der Waals surface area contributed by atoms with Crippen LogP contribution in [0.2, 0.25) is 0 Å². The molecule has 2 aromatic rings. The molecule has 0 aliphatic rings. The van der Waals surface area contributed by atoms with Crippen molar-refractivity contribution in [2.24, 2.45) is 0 Å². The van der Waals surface area contributed by atoms with Gasteiger partial charge < -0.3 is 9.26 Å². The van der Waals surface area contributed by atoms with Crippen LogP contribution in [-0.2, 0) is 6.61 Å². The number of nitro groups is 1. The molecule has 8 nitrogen and oxygen atoms in total. The normalized spacial score (nSPS) is 10.2. The summed E-state index contributed by atoms with van der Waals surface area (Å²) in [5.74, 6) is 0.952. The molecular weight excluding hydrogens is 254 g/mol. The van der Waals surface area contributed by atoms with Crippen LogP contribution >= 0.6 is 0 Å². The van der Waals surface area contributed by atoms with Crippen LogP contribution in [0.5, 0.6) is 5.75 Å². The molecule has 0 fully saturated rings. The molecular formula is C11H9N3O5. The van der Waals surface area contributed by atoms with Crippen molar-refractivity contribution in [1.82, 2.24) is 10.1 Å². The quantitative estimate of drug-likeness (QED) is 0.458. The van der Waals surface area contributed by atoms with Crippen molar-refractivity contribution in [3.8, 4) is 5.75 Å². The summed E-state index contributed by atoms with van der Waals surface area (Å²) in [6.07, 6.45) is 0.490. The van der Waals surface area contributed by atoms with Gasteiger partial charge in [-0.15, -0.1) is 0 Å². The Morgan fingerprint density at radius 3 is 2.89 bits per heavy atom. The van der Waals surface area contributed by atoms with E-state index in [9.17, 15) is 14.9 Å². The van der Waals surface area contributed by atoms with Crippen LogP contribution < -0.4 is 4.74 Å². The summed E-state index contributed by atoms with van der Waals surface area (Å²) in [7, 11) is 0. The topological polar surface area (TPSA) is 108 Å². The average molecular weight is 263 g/mol. The lowest BCUT2D eigenvalue weighted by Crippen LogP contribution is -2.01. The van der Waals surface area contributed by atoms with Crippen LogP contribution in [-0.4, -0.2) is 21.4 Å². The summed E-state index contributed by atoms with van der Waals surface area (Å²) in [6, 6.07) is 3.75. The second-order valence-corrected chi connectivity index (χ2v) is 3.62. The highest BCUT2D eigenvalue weighted by Gasteiger charge is 2.12. The summed E-state index contributed by atoms with van der Waals surface area (Å²) in [4.78, 5) is 24.8. The molecule has 2 rings (SSSR count). The molecule has 0 N–H and O–H groups in total. The molecule has 98 valence electrons. The number of nitro benzene ring substituents is 1. The molecule has 1 aromatic heterocycles. The van der Waals surface area contributed by atoms with E-state index in [1.165, 1.54) is 12.1 Å². The van der Waals surface area contributed by atoms with Gasteiger partial charge in [-0.3, -0.25) is 14.9 Å². The molecule has 19 heavy (non-hydrogen) atoms. The van der Waals surface area contributed by atoms with Gasteiger partial charge >= 0.3 is 0 Å². The van der Waals surface area contributed by atoms with Crippen LogP contribution in [0.1, 0.15) is 22.1 Å². The molecule has 0 bridgehead atoms. The number of nitrogens with zero attached hydrogens (tertiary/aromatic N) is 3. The Labute approximate surface area is 107 Å². The summed E-state index contributed by atoms with van der Waals surface area (Å²) in [5, 5.41) is 14.2. The van der Waals surface area contributed by atoms with Crippen molar-refractivity contribution in [2.45, 2.75) is 13.5 Å². The smallest absolute Gasteiger partial charge is 0.270 e. The van der Waals surface area contributed by atoms with Gasteiger partial charge in [-0.2, -0.15) is 4.98 Å². The van der Waals surface area contributed by atoms with Gasteiger partial charge in [0.25, 0.3) is 5.69 Å². The van der Waals surface area contributed by atoms with Crippen LogP contribution in [0, 0.1) is 17.0 Å². The third-order valence-electron chi connectivity index (χ3n) is 2.26. The number of hydrogen-bond acceptors (Lipinski definition) is 7.